The van der Waals surface area contributed by atoms with Gasteiger partial charge in [-0.05, 0) is 69.3 Å². The molecule has 3 aromatic rings. The molecule has 0 saturated carbocycles. The summed E-state index contributed by atoms with van der Waals surface area (Å²) in [6.07, 6.45) is 9.17. The van der Waals surface area contributed by atoms with Gasteiger partial charge in [-0.25, -0.2) is 4.98 Å². The lowest BCUT2D eigenvalue weighted by Gasteiger charge is -2.28. The Morgan fingerprint density at radius 2 is 1.84 bits per heavy atom. The molecule has 0 aliphatic carbocycles. The minimum Gasteiger partial charge on any atom is -0.388 e. The van der Waals surface area contributed by atoms with E-state index in [1.807, 2.05) is 63.9 Å². The van der Waals surface area contributed by atoms with Crippen LogP contribution < -0.4 is 20.9 Å². The van der Waals surface area contributed by atoms with Gasteiger partial charge in [0.05, 0.1) is 23.8 Å². The minimum absolute atomic E-state index is 0.274. The van der Waals surface area contributed by atoms with Gasteiger partial charge in [0.2, 0.25) is 0 Å². The van der Waals surface area contributed by atoms with E-state index in [0.29, 0.717) is 11.3 Å². The quantitative estimate of drug-likeness (QED) is 0.346. The first-order valence-corrected chi connectivity index (χ1v) is 12.8. The highest BCUT2D eigenvalue weighted by molar-refractivity contribution is 6.25. The Bertz CT molecular complexity index is 1220. The summed E-state index contributed by atoms with van der Waals surface area (Å²) in [4.78, 5) is 26.5. The number of nitrogens with one attached hydrogen (secondary N) is 3. The van der Waals surface area contributed by atoms with Crippen molar-refractivity contribution in [2.75, 3.05) is 68.2 Å². The molecule has 2 aromatic heterocycles. The normalized spacial score (nSPS) is 13.4. The van der Waals surface area contributed by atoms with Crippen molar-refractivity contribution in [1.29, 1.82) is 0 Å². The molecule has 1 fully saturated rings. The molecule has 1 amide bonds. The van der Waals surface area contributed by atoms with Gasteiger partial charge in [-0.3, -0.25) is 9.78 Å². The van der Waals surface area contributed by atoms with Crippen LogP contribution in [0.4, 0.5) is 22.9 Å². The van der Waals surface area contributed by atoms with Crippen molar-refractivity contribution in [2.45, 2.75) is 19.3 Å². The molecular weight excluding hydrogens is 462 g/mol. The van der Waals surface area contributed by atoms with Gasteiger partial charge in [-0.15, -0.1) is 0 Å². The Morgan fingerprint density at radius 1 is 1.03 bits per heavy atom. The summed E-state index contributed by atoms with van der Waals surface area (Å²) in [6, 6.07) is 11.9. The molecule has 1 aromatic carbocycles. The van der Waals surface area contributed by atoms with E-state index in [9.17, 15) is 4.79 Å². The molecule has 4 rings (SSSR count). The highest BCUT2D eigenvalue weighted by Crippen LogP contribution is 2.31. The van der Waals surface area contributed by atoms with E-state index in [2.05, 4.69) is 48.4 Å². The summed E-state index contributed by atoms with van der Waals surface area (Å²) in [5.74, 6) is 0.494. The van der Waals surface area contributed by atoms with Gasteiger partial charge in [-0.2, -0.15) is 0 Å². The lowest BCUT2D eigenvalue weighted by Crippen LogP contribution is -2.29. The number of carbonyl (C=O) groups excluding carboxylic acids is 1. The van der Waals surface area contributed by atoms with Crippen LogP contribution in [0.2, 0.25) is 0 Å². The van der Waals surface area contributed by atoms with Crippen molar-refractivity contribution in [3.63, 3.8) is 0 Å². The number of rotatable bonds is 10. The Labute approximate surface area is 219 Å². The molecule has 1 aliphatic rings. The third-order valence-corrected chi connectivity index (χ3v) is 6.55. The third kappa shape index (κ3) is 6.86. The second-order valence-corrected chi connectivity index (χ2v) is 9.58. The lowest BCUT2D eigenvalue weighted by molar-refractivity contribution is -0.111. The molecule has 1 aliphatic heterocycles. The zero-order valence-electron chi connectivity index (χ0n) is 22.1. The van der Waals surface area contributed by atoms with Gasteiger partial charge in [0.15, 0.2) is 0 Å². The van der Waals surface area contributed by atoms with E-state index in [4.69, 9.17) is 0 Å². The van der Waals surface area contributed by atoms with E-state index in [1.165, 1.54) is 19.3 Å². The summed E-state index contributed by atoms with van der Waals surface area (Å²) >= 11 is 0. The Morgan fingerprint density at radius 3 is 2.54 bits per heavy atom. The molecule has 8 heteroatoms. The predicted molar refractivity (Wildman–Crippen MR) is 154 cm³/mol. The van der Waals surface area contributed by atoms with Crippen LogP contribution in [-0.4, -0.2) is 68.1 Å². The zero-order chi connectivity index (χ0) is 26.2. The van der Waals surface area contributed by atoms with Gasteiger partial charge in [0, 0.05) is 61.8 Å². The first kappa shape index (κ1) is 26.2. The fourth-order valence-electron chi connectivity index (χ4n) is 4.41. The maximum atomic E-state index is 13.1. The fraction of sp³-hybridized carbons (Fsp3) is 0.345. The molecule has 3 heterocycles. The molecule has 0 bridgehead atoms. The molecule has 8 nitrogen and oxygen atoms in total. The number of carbonyl (C=O) groups is 1. The van der Waals surface area contributed by atoms with Crippen LogP contribution in [0.3, 0.4) is 0 Å². The summed E-state index contributed by atoms with van der Waals surface area (Å²) in [5.41, 5.74) is 5.72. The lowest BCUT2D eigenvalue weighted by atomic mass is 9.98. The van der Waals surface area contributed by atoms with Crippen molar-refractivity contribution in [2.24, 2.45) is 0 Å². The van der Waals surface area contributed by atoms with Crippen molar-refractivity contribution < 1.29 is 4.79 Å². The number of nitrogens with zero attached hydrogens (tertiary/aromatic N) is 4. The van der Waals surface area contributed by atoms with Crippen LogP contribution >= 0.6 is 0 Å². The molecule has 1 saturated heterocycles. The smallest absolute Gasteiger partial charge is 0.255 e. The number of piperidine rings is 1. The number of benzene rings is 1. The summed E-state index contributed by atoms with van der Waals surface area (Å²) in [7, 11) is 5.90. The third-order valence-electron chi connectivity index (χ3n) is 6.55. The molecule has 194 valence electrons. The Balaban J connectivity index is 1.48. The molecule has 0 radical (unpaired) electrons. The molecule has 3 N–H and O–H groups in total. The van der Waals surface area contributed by atoms with Crippen molar-refractivity contribution >= 4 is 34.4 Å². The van der Waals surface area contributed by atoms with Gasteiger partial charge in [0.1, 0.15) is 5.82 Å². The van der Waals surface area contributed by atoms with Gasteiger partial charge < -0.3 is 25.8 Å². The average Bonchev–Trinajstić information content (AvgIpc) is 2.93. The second kappa shape index (κ2) is 12.4. The monoisotopic (exact) mass is 499 g/mol. The number of anilines is 4. The maximum Gasteiger partial charge on any atom is 0.255 e. The van der Waals surface area contributed by atoms with E-state index < -0.39 is 0 Å². The molecule has 0 unspecified atom stereocenters. The highest BCUT2D eigenvalue weighted by atomic mass is 16.1. The standard InChI is InChI=1S/C29H37N7O/c1-21(29(37)34-24-9-11-28(33-19-24)32-12-15-35(3)4)26-17-22(8-10-27(26)30-2)23-16-25(20-31-18-23)36-13-6-5-7-14-36/h8-11,16-20,30H,1,5-7,12-15H2,2-4H3,(H,32,33)(H,34,37). The van der Waals surface area contributed by atoms with Crippen molar-refractivity contribution in [3.05, 3.63) is 67.1 Å². The topological polar surface area (TPSA) is 85.4 Å². The predicted octanol–water partition coefficient (Wildman–Crippen LogP) is 4.80. The first-order chi connectivity index (χ1) is 17.9. The number of hydrogen-bond donors (Lipinski definition) is 3. The van der Waals surface area contributed by atoms with Crippen molar-refractivity contribution in [3.8, 4) is 11.1 Å². The SMILES string of the molecule is C=C(C(=O)Nc1ccc(NCCN(C)C)nc1)c1cc(-c2cncc(N3CCCCC3)c2)ccc1NC. The number of pyridine rings is 2. The molecule has 37 heavy (non-hydrogen) atoms. The highest BCUT2D eigenvalue weighted by Gasteiger charge is 2.16. The average molecular weight is 500 g/mol. The van der Waals surface area contributed by atoms with Crippen molar-refractivity contribution in [1.82, 2.24) is 14.9 Å². The number of amides is 1. The zero-order valence-corrected chi connectivity index (χ0v) is 22.1. The van der Waals surface area contributed by atoms with E-state index in [-0.39, 0.29) is 5.91 Å². The first-order valence-electron chi connectivity index (χ1n) is 12.8. The van der Waals surface area contributed by atoms with Gasteiger partial charge in [0.25, 0.3) is 5.91 Å². The number of likely N-dealkylation sites (N-methyl/N-ethyl adjacent to an activating group) is 1. The number of aromatic nitrogens is 2. The van der Waals surface area contributed by atoms with Crippen LogP contribution in [0.1, 0.15) is 24.8 Å². The second-order valence-electron chi connectivity index (χ2n) is 9.58. The van der Waals surface area contributed by atoms with E-state index in [0.717, 1.165) is 60.1 Å². The van der Waals surface area contributed by atoms with Gasteiger partial charge >= 0.3 is 0 Å². The molecule has 0 spiro atoms. The Hall–Kier alpha value is -3.91. The van der Waals surface area contributed by atoms with Crippen LogP contribution in [0.15, 0.2) is 61.6 Å². The summed E-state index contributed by atoms with van der Waals surface area (Å²) in [5, 5.41) is 9.37. The molecular formula is C29H37N7O. The van der Waals surface area contributed by atoms with Crippen LogP contribution in [0.5, 0.6) is 0 Å². The summed E-state index contributed by atoms with van der Waals surface area (Å²) in [6.45, 7) is 7.95. The number of hydrogen-bond acceptors (Lipinski definition) is 7. The van der Waals surface area contributed by atoms with E-state index in [1.54, 1.807) is 6.20 Å². The van der Waals surface area contributed by atoms with E-state index >= 15 is 0 Å². The van der Waals surface area contributed by atoms with Gasteiger partial charge in [-0.1, -0.05) is 12.6 Å². The largest absolute Gasteiger partial charge is 0.388 e. The van der Waals surface area contributed by atoms with Crippen LogP contribution in [-0.2, 0) is 4.79 Å². The summed E-state index contributed by atoms with van der Waals surface area (Å²) < 4.78 is 0. The molecule has 0 atom stereocenters. The fourth-order valence-corrected chi connectivity index (χ4v) is 4.41. The van der Waals surface area contributed by atoms with Crippen LogP contribution in [0, 0.1) is 0 Å². The Kier molecular flexibility index (Phi) is 8.74. The maximum absolute atomic E-state index is 13.1. The minimum atomic E-state index is -0.274. The van der Waals surface area contributed by atoms with Crippen LogP contribution in [0.25, 0.3) is 16.7 Å².